The highest BCUT2D eigenvalue weighted by molar-refractivity contribution is 6.02. The number of nitrogens with zero attached hydrogens (tertiary/aromatic N) is 2. The normalized spacial score (nSPS) is 11.9. The Balaban J connectivity index is 3.26. The summed E-state index contributed by atoms with van der Waals surface area (Å²) < 4.78 is 19.0. The van der Waals surface area contributed by atoms with Gasteiger partial charge < -0.3 is 20.6 Å². The van der Waals surface area contributed by atoms with Crippen LogP contribution in [-0.4, -0.2) is 37.3 Å². The van der Waals surface area contributed by atoms with E-state index in [1.54, 1.807) is 19.2 Å². The van der Waals surface area contributed by atoms with Crippen molar-refractivity contribution >= 4 is 11.5 Å². The molecule has 1 aromatic rings. The number of hydrogen-bond donors (Lipinski definition) is 2. The Hall–Kier alpha value is -1.82. The fraction of sp³-hybridized carbons (Fsp3) is 0.462. The van der Waals surface area contributed by atoms with E-state index in [0.29, 0.717) is 18.8 Å². The van der Waals surface area contributed by atoms with E-state index >= 15 is 0 Å². The summed E-state index contributed by atoms with van der Waals surface area (Å²) >= 11 is 0. The molecule has 0 aliphatic carbocycles. The minimum Gasteiger partial charge on any atom is -0.409 e. The molecule has 0 saturated heterocycles. The van der Waals surface area contributed by atoms with E-state index in [4.69, 9.17) is 15.7 Å². The maximum atomic E-state index is 13.9. The summed E-state index contributed by atoms with van der Waals surface area (Å²) in [6.45, 7) is 5.06. The van der Waals surface area contributed by atoms with Gasteiger partial charge in [0.15, 0.2) is 5.84 Å². The van der Waals surface area contributed by atoms with Gasteiger partial charge in [-0.15, -0.1) is 0 Å². The molecule has 1 rings (SSSR count). The van der Waals surface area contributed by atoms with Crippen molar-refractivity contribution in [3.63, 3.8) is 0 Å². The Labute approximate surface area is 112 Å². The average Bonchev–Trinajstić information content (AvgIpc) is 2.38. The van der Waals surface area contributed by atoms with Gasteiger partial charge in [0.25, 0.3) is 0 Å². The minimum absolute atomic E-state index is 0.106. The fourth-order valence-corrected chi connectivity index (χ4v) is 1.90. The number of rotatable bonds is 6. The number of ether oxygens (including phenoxy) is 1. The zero-order valence-electron chi connectivity index (χ0n) is 11.4. The van der Waals surface area contributed by atoms with Crippen LogP contribution in [0.2, 0.25) is 0 Å². The van der Waals surface area contributed by atoms with Crippen molar-refractivity contribution in [3.05, 3.63) is 29.6 Å². The van der Waals surface area contributed by atoms with Crippen molar-refractivity contribution in [3.8, 4) is 0 Å². The average molecular weight is 269 g/mol. The predicted octanol–water partition coefficient (Wildman–Crippen LogP) is 1.78. The molecule has 0 saturated carbocycles. The van der Waals surface area contributed by atoms with Gasteiger partial charge >= 0.3 is 0 Å². The van der Waals surface area contributed by atoms with Crippen LogP contribution in [0.25, 0.3) is 0 Å². The summed E-state index contributed by atoms with van der Waals surface area (Å²) in [6, 6.07) is 4.75. The quantitative estimate of drug-likeness (QED) is 0.357. The van der Waals surface area contributed by atoms with Gasteiger partial charge in [-0.05, 0) is 26.0 Å². The number of hydrogen-bond acceptors (Lipinski definition) is 4. The maximum Gasteiger partial charge on any atom is 0.175 e. The summed E-state index contributed by atoms with van der Waals surface area (Å²) in [5, 5.41) is 11.7. The van der Waals surface area contributed by atoms with Crippen molar-refractivity contribution in [2.45, 2.75) is 19.9 Å². The summed E-state index contributed by atoms with van der Waals surface area (Å²) in [5.74, 6) is -0.757. The van der Waals surface area contributed by atoms with Crippen LogP contribution in [-0.2, 0) is 4.74 Å². The van der Waals surface area contributed by atoms with E-state index in [2.05, 4.69) is 5.16 Å². The van der Waals surface area contributed by atoms with Gasteiger partial charge in [0.2, 0.25) is 0 Å². The number of nitrogens with two attached hydrogens (primary N) is 1. The lowest BCUT2D eigenvalue weighted by Gasteiger charge is -2.30. The van der Waals surface area contributed by atoms with Gasteiger partial charge in [0.05, 0.1) is 17.9 Å². The minimum atomic E-state index is -0.518. The molecule has 19 heavy (non-hydrogen) atoms. The molecular weight excluding hydrogens is 249 g/mol. The Bertz CT molecular complexity index is 450. The summed E-state index contributed by atoms with van der Waals surface area (Å²) in [4.78, 5) is 1.94. The van der Waals surface area contributed by atoms with Gasteiger partial charge in [-0.3, -0.25) is 0 Å². The van der Waals surface area contributed by atoms with E-state index in [0.717, 1.165) is 0 Å². The lowest BCUT2D eigenvalue weighted by Crippen LogP contribution is -2.36. The van der Waals surface area contributed by atoms with Crippen LogP contribution in [0.1, 0.15) is 19.4 Å². The smallest absolute Gasteiger partial charge is 0.175 e. The first-order valence-electron chi connectivity index (χ1n) is 6.04. The summed E-state index contributed by atoms with van der Waals surface area (Å²) in [5.41, 5.74) is 6.26. The molecular formula is C13H20FN3O2. The van der Waals surface area contributed by atoms with Gasteiger partial charge in [-0.2, -0.15) is 0 Å². The van der Waals surface area contributed by atoms with Crippen LogP contribution >= 0.6 is 0 Å². The van der Waals surface area contributed by atoms with Gasteiger partial charge in [-0.25, -0.2) is 4.39 Å². The molecule has 0 radical (unpaired) electrons. The van der Waals surface area contributed by atoms with E-state index in [9.17, 15) is 4.39 Å². The number of anilines is 1. The third-order valence-corrected chi connectivity index (χ3v) is 2.82. The van der Waals surface area contributed by atoms with Crippen molar-refractivity contribution in [1.29, 1.82) is 0 Å². The Morgan fingerprint density at radius 2 is 2.21 bits per heavy atom. The first kappa shape index (κ1) is 15.2. The van der Waals surface area contributed by atoms with Crippen molar-refractivity contribution in [2.24, 2.45) is 10.9 Å². The van der Waals surface area contributed by atoms with Crippen molar-refractivity contribution in [2.75, 3.05) is 25.2 Å². The molecule has 0 fully saturated rings. The third-order valence-electron chi connectivity index (χ3n) is 2.82. The number of benzene rings is 1. The SMILES string of the molecule is COCCN(c1cccc(F)c1/C(N)=N/O)C(C)C. The molecule has 106 valence electrons. The second-order valence-corrected chi connectivity index (χ2v) is 4.40. The molecule has 6 heteroatoms. The second-order valence-electron chi connectivity index (χ2n) is 4.40. The van der Waals surface area contributed by atoms with E-state index in [1.165, 1.54) is 6.07 Å². The molecule has 0 unspecified atom stereocenters. The molecule has 0 bridgehead atoms. The molecule has 0 atom stereocenters. The fourth-order valence-electron chi connectivity index (χ4n) is 1.90. The lowest BCUT2D eigenvalue weighted by molar-refractivity contribution is 0.204. The standard InChI is InChI=1S/C13H20FN3O2/c1-9(2)17(7-8-19-3)11-6-4-5-10(14)12(11)13(15)16-18/h4-6,9,18H,7-8H2,1-3H3,(H2,15,16). The largest absolute Gasteiger partial charge is 0.409 e. The van der Waals surface area contributed by atoms with Gasteiger partial charge in [0.1, 0.15) is 5.82 Å². The number of halogens is 1. The number of oxime groups is 1. The van der Waals surface area contributed by atoms with Crippen LogP contribution in [0.15, 0.2) is 23.4 Å². The van der Waals surface area contributed by atoms with Crippen molar-refractivity contribution in [1.82, 2.24) is 0 Å². The molecule has 3 N–H and O–H groups in total. The van der Waals surface area contributed by atoms with Crippen LogP contribution < -0.4 is 10.6 Å². The molecule has 0 aromatic heterocycles. The Morgan fingerprint density at radius 3 is 2.74 bits per heavy atom. The van der Waals surface area contributed by atoms with Crippen molar-refractivity contribution < 1.29 is 14.3 Å². The highest BCUT2D eigenvalue weighted by Gasteiger charge is 2.19. The topological polar surface area (TPSA) is 71.1 Å². The molecule has 5 nitrogen and oxygen atoms in total. The first-order valence-corrected chi connectivity index (χ1v) is 6.04. The highest BCUT2D eigenvalue weighted by Crippen LogP contribution is 2.24. The third kappa shape index (κ3) is 3.57. The first-order chi connectivity index (χ1) is 9.02. The molecule has 0 aliphatic rings. The monoisotopic (exact) mass is 269 g/mol. The zero-order valence-corrected chi connectivity index (χ0v) is 11.4. The van der Waals surface area contributed by atoms with Gasteiger partial charge in [-0.1, -0.05) is 11.2 Å². The molecule has 0 amide bonds. The Morgan fingerprint density at radius 1 is 1.53 bits per heavy atom. The highest BCUT2D eigenvalue weighted by atomic mass is 19.1. The van der Waals surface area contributed by atoms with E-state index in [-0.39, 0.29) is 17.4 Å². The van der Waals surface area contributed by atoms with E-state index in [1.807, 2.05) is 18.7 Å². The molecule has 1 aromatic carbocycles. The zero-order chi connectivity index (χ0) is 14.4. The van der Waals surface area contributed by atoms with Gasteiger partial charge in [0, 0.05) is 19.7 Å². The summed E-state index contributed by atoms with van der Waals surface area (Å²) in [6.07, 6.45) is 0. The van der Waals surface area contributed by atoms with E-state index < -0.39 is 5.82 Å². The number of methoxy groups -OCH3 is 1. The Kier molecular flexibility index (Phi) is 5.57. The van der Waals surface area contributed by atoms with Crippen LogP contribution in [0, 0.1) is 5.82 Å². The maximum absolute atomic E-state index is 13.9. The number of amidine groups is 1. The second kappa shape index (κ2) is 6.94. The molecule has 0 spiro atoms. The lowest BCUT2D eigenvalue weighted by atomic mass is 10.1. The van der Waals surface area contributed by atoms with Crippen LogP contribution in [0.4, 0.5) is 10.1 Å². The predicted molar refractivity (Wildman–Crippen MR) is 73.3 cm³/mol. The van der Waals surface area contributed by atoms with Crippen LogP contribution in [0.5, 0.6) is 0 Å². The summed E-state index contributed by atoms with van der Waals surface area (Å²) in [7, 11) is 1.61. The molecule has 0 aliphatic heterocycles. The van der Waals surface area contributed by atoms with Crippen LogP contribution in [0.3, 0.4) is 0 Å². The molecule has 0 heterocycles.